The Labute approximate surface area is 117 Å². The molecular weight excluding hydrogens is 282 g/mol. The third-order valence-corrected chi connectivity index (χ3v) is 3.27. The second kappa shape index (κ2) is 6.57. The lowest BCUT2D eigenvalue weighted by molar-refractivity contribution is -0.131. The standard InChI is InChI=1S/C11H11N5O3S/c17-10(6-16-7-13-14-15-16)12-5-9-8(3-4-20-9)1-2-11(18)19/h1-4,7H,5-6H2,(H,12,17)(H,18,19)/b2-1+. The molecule has 0 unspecified atom stereocenters. The van der Waals surface area contributed by atoms with Gasteiger partial charge in [-0.05, 0) is 33.5 Å². The molecule has 0 fully saturated rings. The van der Waals surface area contributed by atoms with Crippen LogP contribution in [0, 0.1) is 0 Å². The molecule has 2 heterocycles. The molecule has 0 saturated heterocycles. The second-order valence-electron chi connectivity index (χ2n) is 3.75. The fraction of sp³-hybridized carbons (Fsp3) is 0.182. The van der Waals surface area contributed by atoms with E-state index in [1.807, 2.05) is 5.38 Å². The van der Waals surface area contributed by atoms with Crippen molar-refractivity contribution in [3.05, 3.63) is 34.3 Å². The summed E-state index contributed by atoms with van der Waals surface area (Å²) >= 11 is 1.45. The Hall–Kier alpha value is -2.55. The van der Waals surface area contributed by atoms with Crippen molar-refractivity contribution in [2.45, 2.75) is 13.1 Å². The largest absolute Gasteiger partial charge is 0.478 e. The van der Waals surface area contributed by atoms with Gasteiger partial charge in [-0.25, -0.2) is 9.48 Å². The van der Waals surface area contributed by atoms with E-state index in [0.717, 1.165) is 16.5 Å². The summed E-state index contributed by atoms with van der Waals surface area (Å²) in [6.07, 6.45) is 3.92. The molecule has 0 bridgehead atoms. The SMILES string of the molecule is O=C(O)/C=C/c1ccsc1CNC(=O)Cn1cnnn1. The number of carbonyl (C=O) groups excluding carboxylic acids is 1. The minimum Gasteiger partial charge on any atom is -0.478 e. The van der Waals surface area contributed by atoms with Gasteiger partial charge >= 0.3 is 5.97 Å². The number of nitrogens with one attached hydrogen (secondary N) is 1. The molecule has 104 valence electrons. The predicted octanol–water partition coefficient (Wildman–Crippen LogP) is 0.149. The number of carbonyl (C=O) groups is 2. The number of thiophene rings is 1. The second-order valence-corrected chi connectivity index (χ2v) is 4.76. The number of hydrogen-bond donors (Lipinski definition) is 2. The molecule has 0 aliphatic rings. The third kappa shape index (κ3) is 3.99. The quantitative estimate of drug-likeness (QED) is 0.733. The summed E-state index contributed by atoms with van der Waals surface area (Å²) in [6, 6.07) is 1.80. The molecule has 9 heteroatoms. The topological polar surface area (TPSA) is 110 Å². The van der Waals surface area contributed by atoms with Gasteiger partial charge in [-0.1, -0.05) is 0 Å². The van der Waals surface area contributed by atoms with Crippen molar-refractivity contribution in [1.82, 2.24) is 25.5 Å². The Morgan fingerprint density at radius 1 is 1.50 bits per heavy atom. The van der Waals surface area contributed by atoms with Gasteiger partial charge in [0.05, 0.1) is 6.54 Å². The number of amides is 1. The summed E-state index contributed by atoms with van der Waals surface area (Å²) in [5.41, 5.74) is 0.778. The molecule has 2 rings (SSSR count). The normalized spacial score (nSPS) is 10.8. The van der Waals surface area contributed by atoms with Crippen molar-refractivity contribution >= 4 is 29.3 Å². The zero-order valence-corrected chi connectivity index (χ0v) is 11.1. The maximum atomic E-state index is 11.6. The highest BCUT2D eigenvalue weighted by molar-refractivity contribution is 7.10. The van der Waals surface area contributed by atoms with Crippen LogP contribution in [-0.4, -0.2) is 37.2 Å². The van der Waals surface area contributed by atoms with Gasteiger partial charge in [0, 0.05) is 11.0 Å². The van der Waals surface area contributed by atoms with Crippen LogP contribution in [0.5, 0.6) is 0 Å². The van der Waals surface area contributed by atoms with Crippen LogP contribution in [0.25, 0.3) is 6.08 Å². The van der Waals surface area contributed by atoms with Gasteiger partial charge in [0.15, 0.2) is 0 Å². The van der Waals surface area contributed by atoms with Crippen LogP contribution in [-0.2, 0) is 22.7 Å². The smallest absolute Gasteiger partial charge is 0.328 e. The molecule has 0 aliphatic carbocycles. The van der Waals surface area contributed by atoms with Crippen LogP contribution >= 0.6 is 11.3 Å². The van der Waals surface area contributed by atoms with E-state index in [1.54, 1.807) is 6.07 Å². The Morgan fingerprint density at radius 2 is 2.35 bits per heavy atom. The molecule has 0 radical (unpaired) electrons. The van der Waals surface area contributed by atoms with Crippen molar-refractivity contribution in [3.8, 4) is 0 Å². The summed E-state index contributed by atoms with van der Waals surface area (Å²) in [6.45, 7) is 0.372. The predicted molar refractivity (Wildman–Crippen MR) is 70.7 cm³/mol. The van der Waals surface area contributed by atoms with Crippen molar-refractivity contribution in [2.75, 3.05) is 0 Å². The van der Waals surface area contributed by atoms with E-state index in [4.69, 9.17) is 5.11 Å². The van der Waals surface area contributed by atoms with Gasteiger partial charge in [0.1, 0.15) is 12.9 Å². The first kappa shape index (κ1) is 13.9. The third-order valence-electron chi connectivity index (χ3n) is 2.33. The molecule has 0 spiro atoms. The molecule has 0 aromatic carbocycles. The average molecular weight is 293 g/mol. The molecule has 2 aromatic rings. The number of carboxylic acids is 1. The first-order valence-electron chi connectivity index (χ1n) is 5.60. The number of hydrogen-bond acceptors (Lipinski definition) is 6. The number of rotatable bonds is 6. The van der Waals surface area contributed by atoms with Gasteiger partial charge in [0.2, 0.25) is 5.91 Å². The van der Waals surface area contributed by atoms with Crippen molar-refractivity contribution in [1.29, 1.82) is 0 Å². The zero-order valence-electron chi connectivity index (χ0n) is 10.3. The zero-order chi connectivity index (χ0) is 14.4. The van der Waals surface area contributed by atoms with Gasteiger partial charge < -0.3 is 10.4 Å². The van der Waals surface area contributed by atoms with Gasteiger partial charge in [-0.15, -0.1) is 16.4 Å². The first-order chi connectivity index (χ1) is 9.65. The minimum absolute atomic E-state index is 0.0404. The number of tetrazole rings is 1. The van der Waals surface area contributed by atoms with E-state index in [0.29, 0.717) is 6.54 Å². The first-order valence-corrected chi connectivity index (χ1v) is 6.48. The van der Waals surface area contributed by atoms with Crippen LogP contribution in [0.1, 0.15) is 10.4 Å². The van der Waals surface area contributed by atoms with E-state index in [-0.39, 0.29) is 12.5 Å². The molecular formula is C11H11N5O3S. The van der Waals surface area contributed by atoms with Crippen LogP contribution in [0.3, 0.4) is 0 Å². The Balaban J connectivity index is 1.89. The monoisotopic (exact) mass is 293 g/mol. The van der Waals surface area contributed by atoms with E-state index in [2.05, 4.69) is 20.8 Å². The van der Waals surface area contributed by atoms with Crippen LogP contribution in [0.2, 0.25) is 0 Å². The Bertz CT molecular complexity index is 620. The van der Waals surface area contributed by atoms with E-state index >= 15 is 0 Å². The van der Waals surface area contributed by atoms with Crippen LogP contribution < -0.4 is 5.32 Å². The van der Waals surface area contributed by atoms with Gasteiger partial charge in [0.25, 0.3) is 0 Å². The summed E-state index contributed by atoms with van der Waals surface area (Å²) in [5, 5.41) is 23.6. The van der Waals surface area contributed by atoms with E-state index < -0.39 is 5.97 Å². The Kier molecular flexibility index (Phi) is 4.56. The fourth-order valence-electron chi connectivity index (χ4n) is 1.44. The highest BCUT2D eigenvalue weighted by atomic mass is 32.1. The molecule has 20 heavy (non-hydrogen) atoms. The number of carboxylic acid groups (broad SMARTS) is 1. The fourth-order valence-corrected chi connectivity index (χ4v) is 2.24. The van der Waals surface area contributed by atoms with Crippen molar-refractivity contribution in [2.24, 2.45) is 0 Å². The lowest BCUT2D eigenvalue weighted by Crippen LogP contribution is -2.27. The lowest BCUT2D eigenvalue weighted by atomic mass is 10.2. The van der Waals surface area contributed by atoms with Crippen molar-refractivity contribution in [3.63, 3.8) is 0 Å². The summed E-state index contributed by atoms with van der Waals surface area (Å²) in [5.74, 6) is -1.23. The molecule has 1 amide bonds. The summed E-state index contributed by atoms with van der Waals surface area (Å²) in [7, 11) is 0. The van der Waals surface area contributed by atoms with E-state index in [1.165, 1.54) is 28.4 Å². The maximum absolute atomic E-state index is 11.6. The number of aliphatic carboxylic acids is 1. The van der Waals surface area contributed by atoms with Gasteiger partial charge in [-0.2, -0.15) is 0 Å². The molecule has 2 N–H and O–H groups in total. The average Bonchev–Trinajstić information content (AvgIpc) is 3.04. The summed E-state index contributed by atoms with van der Waals surface area (Å²) in [4.78, 5) is 23.0. The molecule has 8 nitrogen and oxygen atoms in total. The van der Waals surface area contributed by atoms with Crippen molar-refractivity contribution < 1.29 is 14.7 Å². The van der Waals surface area contributed by atoms with Crippen LogP contribution in [0.15, 0.2) is 23.8 Å². The van der Waals surface area contributed by atoms with Crippen LogP contribution in [0.4, 0.5) is 0 Å². The minimum atomic E-state index is -1.01. The molecule has 0 atom stereocenters. The molecule has 2 aromatic heterocycles. The lowest BCUT2D eigenvalue weighted by Gasteiger charge is -2.04. The molecule has 0 aliphatic heterocycles. The highest BCUT2D eigenvalue weighted by Gasteiger charge is 2.06. The summed E-state index contributed by atoms with van der Waals surface area (Å²) < 4.78 is 1.31. The van der Waals surface area contributed by atoms with E-state index in [9.17, 15) is 9.59 Å². The number of aromatic nitrogens is 4. The number of nitrogens with zero attached hydrogens (tertiary/aromatic N) is 4. The van der Waals surface area contributed by atoms with Gasteiger partial charge in [-0.3, -0.25) is 4.79 Å². The maximum Gasteiger partial charge on any atom is 0.328 e. The molecule has 0 saturated carbocycles. The Morgan fingerprint density at radius 3 is 3.05 bits per heavy atom. The highest BCUT2D eigenvalue weighted by Crippen LogP contribution is 2.18.